The van der Waals surface area contributed by atoms with Crippen LogP contribution in [0.3, 0.4) is 0 Å². The lowest BCUT2D eigenvalue weighted by Crippen LogP contribution is -2.48. The van der Waals surface area contributed by atoms with Gasteiger partial charge in [-0.25, -0.2) is 0 Å². The third kappa shape index (κ3) is 3.19. The normalized spacial score (nSPS) is 14.4. The van der Waals surface area contributed by atoms with Crippen LogP contribution < -0.4 is 0 Å². The van der Waals surface area contributed by atoms with Crippen molar-refractivity contribution in [3.63, 3.8) is 0 Å². The van der Waals surface area contributed by atoms with Crippen LogP contribution in [0.4, 0.5) is 0 Å². The highest BCUT2D eigenvalue weighted by Crippen LogP contribution is 2.31. The quantitative estimate of drug-likeness (QED) is 0.633. The molecule has 1 fully saturated rings. The lowest BCUT2D eigenvalue weighted by atomic mass is 9.98. The number of halogens is 2. The van der Waals surface area contributed by atoms with E-state index in [0.717, 1.165) is 10.0 Å². The van der Waals surface area contributed by atoms with E-state index in [2.05, 4.69) is 26.1 Å². The van der Waals surface area contributed by atoms with Crippen molar-refractivity contribution < 1.29 is 9.32 Å². The molecule has 4 rings (SSSR count). The van der Waals surface area contributed by atoms with Gasteiger partial charge in [0.15, 0.2) is 0 Å². The van der Waals surface area contributed by atoms with Crippen LogP contribution in [0.25, 0.3) is 11.4 Å². The number of rotatable bonds is 3. The minimum Gasteiger partial charge on any atom is -0.339 e. The van der Waals surface area contributed by atoms with E-state index >= 15 is 0 Å². The first-order valence-corrected chi connectivity index (χ1v) is 8.92. The summed E-state index contributed by atoms with van der Waals surface area (Å²) in [4.78, 5) is 18.7. The van der Waals surface area contributed by atoms with Crippen molar-refractivity contribution in [2.24, 2.45) is 0 Å². The van der Waals surface area contributed by atoms with E-state index < -0.39 is 0 Å². The molecule has 0 bridgehead atoms. The third-order valence-electron chi connectivity index (χ3n) is 4.15. The molecule has 0 N–H and O–H groups in total. The van der Waals surface area contributed by atoms with Crippen molar-refractivity contribution in [2.45, 2.75) is 5.92 Å². The van der Waals surface area contributed by atoms with Gasteiger partial charge >= 0.3 is 0 Å². The van der Waals surface area contributed by atoms with Crippen LogP contribution in [0.2, 0.25) is 5.02 Å². The van der Waals surface area contributed by atoms with Crippen molar-refractivity contribution in [3.05, 3.63) is 69.5 Å². The molecule has 1 amide bonds. The second-order valence-corrected chi connectivity index (χ2v) is 7.18. The molecule has 1 aromatic heterocycles. The van der Waals surface area contributed by atoms with Gasteiger partial charge in [-0.2, -0.15) is 4.98 Å². The molecular weight excluding hydrogens is 406 g/mol. The fourth-order valence-corrected chi connectivity index (χ4v) is 3.30. The third-order valence-corrected chi connectivity index (χ3v) is 4.97. The first kappa shape index (κ1) is 16.3. The Kier molecular flexibility index (Phi) is 4.31. The Hall–Kier alpha value is -2.18. The smallest absolute Gasteiger partial charge is 0.255 e. The fourth-order valence-electron chi connectivity index (χ4n) is 2.74. The van der Waals surface area contributed by atoms with Gasteiger partial charge in [-0.15, -0.1) is 0 Å². The number of aromatic nitrogens is 2. The molecule has 126 valence electrons. The van der Waals surface area contributed by atoms with E-state index in [4.69, 9.17) is 16.1 Å². The van der Waals surface area contributed by atoms with Crippen LogP contribution in [-0.4, -0.2) is 34.0 Å². The van der Waals surface area contributed by atoms with Gasteiger partial charge in [0.1, 0.15) is 0 Å². The summed E-state index contributed by atoms with van der Waals surface area (Å²) in [5.74, 6) is 1.09. The molecule has 0 aliphatic carbocycles. The molecule has 0 radical (unpaired) electrons. The van der Waals surface area contributed by atoms with Gasteiger partial charge in [0.05, 0.1) is 16.5 Å². The Morgan fingerprint density at radius 1 is 1.20 bits per heavy atom. The van der Waals surface area contributed by atoms with Gasteiger partial charge in [0.2, 0.25) is 11.7 Å². The van der Waals surface area contributed by atoms with Crippen LogP contribution in [0.5, 0.6) is 0 Å². The monoisotopic (exact) mass is 417 g/mol. The summed E-state index contributed by atoms with van der Waals surface area (Å²) in [6.45, 7) is 1.08. The van der Waals surface area contributed by atoms with Crippen molar-refractivity contribution in [1.82, 2.24) is 15.0 Å². The minimum atomic E-state index is -0.0923. The first-order chi connectivity index (χ1) is 12.1. The number of hydrogen-bond donors (Lipinski definition) is 0. The van der Waals surface area contributed by atoms with Gasteiger partial charge in [0, 0.05) is 23.1 Å². The topological polar surface area (TPSA) is 59.2 Å². The molecular formula is C18H13BrClN3O2. The number of amides is 1. The predicted molar refractivity (Wildman–Crippen MR) is 97.5 cm³/mol. The van der Waals surface area contributed by atoms with E-state index in [1.165, 1.54) is 0 Å². The van der Waals surface area contributed by atoms with Crippen molar-refractivity contribution in [3.8, 4) is 11.4 Å². The van der Waals surface area contributed by atoms with Gasteiger partial charge < -0.3 is 9.42 Å². The molecule has 0 saturated carbocycles. The molecule has 2 aromatic carbocycles. The Morgan fingerprint density at radius 3 is 2.72 bits per heavy atom. The van der Waals surface area contributed by atoms with Gasteiger partial charge in [0.25, 0.3) is 5.91 Å². The van der Waals surface area contributed by atoms with Crippen molar-refractivity contribution in [2.75, 3.05) is 13.1 Å². The SMILES string of the molecule is O=C(c1cc(Br)ccc1Cl)N1CC(c2nc(-c3ccccc3)no2)C1. The molecule has 1 aliphatic heterocycles. The summed E-state index contributed by atoms with van der Waals surface area (Å²) in [7, 11) is 0. The second-order valence-electron chi connectivity index (χ2n) is 5.85. The maximum Gasteiger partial charge on any atom is 0.255 e. The maximum absolute atomic E-state index is 12.6. The Labute approximate surface area is 157 Å². The highest BCUT2D eigenvalue weighted by molar-refractivity contribution is 9.10. The second kappa shape index (κ2) is 6.61. The highest BCUT2D eigenvalue weighted by atomic mass is 79.9. The summed E-state index contributed by atoms with van der Waals surface area (Å²) in [5.41, 5.74) is 1.40. The number of nitrogens with zero attached hydrogens (tertiary/aromatic N) is 3. The summed E-state index contributed by atoms with van der Waals surface area (Å²) < 4.78 is 6.19. The zero-order valence-electron chi connectivity index (χ0n) is 13.0. The Balaban J connectivity index is 1.45. The van der Waals surface area contributed by atoms with E-state index in [9.17, 15) is 4.79 Å². The molecule has 1 saturated heterocycles. The first-order valence-electron chi connectivity index (χ1n) is 7.75. The van der Waals surface area contributed by atoms with Gasteiger partial charge in [-0.1, -0.05) is 63.0 Å². The molecule has 3 aromatic rings. The van der Waals surface area contributed by atoms with Crippen LogP contribution in [0.15, 0.2) is 57.5 Å². The van der Waals surface area contributed by atoms with Crippen molar-refractivity contribution in [1.29, 1.82) is 0 Å². The number of benzene rings is 2. The van der Waals surface area contributed by atoms with Gasteiger partial charge in [-0.05, 0) is 18.2 Å². The fraction of sp³-hybridized carbons (Fsp3) is 0.167. The number of hydrogen-bond acceptors (Lipinski definition) is 4. The summed E-state index contributed by atoms with van der Waals surface area (Å²) in [6.07, 6.45) is 0. The standard InChI is InChI=1S/C18H13BrClN3O2/c19-13-6-7-15(20)14(8-13)18(24)23-9-12(10-23)17-21-16(22-25-17)11-4-2-1-3-5-11/h1-8,12H,9-10H2. The Morgan fingerprint density at radius 2 is 1.96 bits per heavy atom. The van der Waals surface area contributed by atoms with Crippen LogP contribution in [-0.2, 0) is 0 Å². The summed E-state index contributed by atoms with van der Waals surface area (Å²) in [5, 5.41) is 4.47. The predicted octanol–water partition coefficient (Wildman–Crippen LogP) is 4.39. The van der Waals surface area contributed by atoms with Gasteiger partial charge in [-0.3, -0.25) is 4.79 Å². The van der Waals surface area contributed by atoms with E-state index in [0.29, 0.717) is 35.4 Å². The zero-order valence-corrected chi connectivity index (χ0v) is 15.4. The lowest BCUT2D eigenvalue weighted by molar-refractivity contribution is 0.0569. The summed E-state index contributed by atoms with van der Waals surface area (Å²) >= 11 is 9.50. The Bertz CT molecular complexity index is 923. The number of carbonyl (C=O) groups is 1. The summed E-state index contributed by atoms with van der Waals surface area (Å²) in [6, 6.07) is 14.9. The maximum atomic E-state index is 12.6. The molecule has 2 heterocycles. The lowest BCUT2D eigenvalue weighted by Gasteiger charge is -2.37. The highest BCUT2D eigenvalue weighted by Gasteiger charge is 2.36. The molecule has 0 atom stereocenters. The van der Waals surface area contributed by atoms with Crippen LogP contribution in [0.1, 0.15) is 22.2 Å². The van der Waals surface area contributed by atoms with E-state index in [-0.39, 0.29) is 11.8 Å². The van der Waals surface area contributed by atoms with Crippen molar-refractivity contribution >= 4 is 33.4 Å². The molecule has 0 unspecified atom stereocenters. The van der Waals surface area contributed by atoms with E-state index in [1.807, 2.05) is 36.4 Å². The average molecular weight is 419 g/mol. The number of carbonyl (C=O) groups excluding carboxylic acids is 1. The largest absolute Gasteiger partial charge is 0.339 e. The number of likely N-dealkylation sites (tertiary alicyclic amines) is 1. The molecule has 25 heavy (non-hydrogen) atoms. The van der Waals surface area contributed by atoms with E-state index in [1.54, 1.807) is 17.0 Å². The minimum absolute atomic E-state index is 0.0554. The van der Waals surface area contributed by atoms with Crippen LogP contribution >= 0.6 is 27.5 Å². The molecule has 0 spiro atoms. The molecule has 7 heteroatoms. The zero-order chi connectivity index (χ0) is 17.4. The molecule has 1 aliphatic rings. The average Bonchev–Trinajstić information content (AvgIpc) is 3.06. The molecule has 5 nitrogen and oxygen atoms in total. The van der Waals surface area contributed by atoms with Crippen LogP contribution in [0, 0.1) is 0 Å².